The van der Waals surface area contributed by atoms with Gasteiger partial charge in [-0.3, -0.25) is 0 Å². The molecule has 1 atom stereocenters. The second-order valence-electron chi connectivity index (χ2n) is 4.32. The summed E-state index contributed by atoms with van der Waals surface area (Å²) in [6.45, 7) is 2.28. The molecule has 0 aliphatic heterocycles. The number of benzene rings is 2. The van der Waals surface area contributed by atoms with Crippen LogP contribution in [-0.2, 0) is 0 Å². The summed E-state index contributed by atoms with van der Waals surface area (Å²) in [6.07, 6.45) is 0. The first-order valence-electron chi connectivity index (χ1n) is 5.87. The van der Waals surface area contributed by atoms with Crippen LogP contribution in [0.15, 0.2) is 60.0 Å². The van der Waals surface area contributed by atoms with Gasteiger partial charge in [0.15, 0.2) is 0 Å². The molecule has 0 amide bonds. The minimum Gasteiger partial charge on any atom is -0.143 e. The van der Waals surface area contributed by atoms with Crippen LogP contribution in [0.4, 0.5) is 0 Å². The van der Waals surface area contributed by atoms with Gasteiger partial charge in [0.25, 0.3) is 0 Å². The molecule has 0 radical (unpaired) electrons. The van der Waals surface area contributed by atoms with Gasteiger partial charge in [0, 0.05) is 10.6 Å². The Morgan fingerprint density at radius 3 is 2.41 bits per heavy atom. The molecular weight excluding hydrogens is 224 g/mol. The van der Waals surface area contributed by atoms with E-state index in [1.807, 2.05) is 11.3 Å². The highest BCUT2D eigenvalue weighted by atomic mass is 32.1. The standard InChI is InChI=1S/C16H14S/c1-12(13-7-3-2-4-8-13)15-11-17-16-10-6-5-9-14(15)16/h2-12H,1H3/t12-/m0/s1. The van der Waals surface area contributed by atoms with Gasteiger partial charge >= 0.3 is 0 Å². The zero-order valence-electron chi connectivity index (χ0n) is 9.76. The SMILES string of the molecule is C[C@@H](c1ccccc1)c1csc2ccccc12. The largest absolute Gasteiger partial charge is 0.143 e. The van der Waals surface area contributed by atoms with Crippen molar-refractivity contribution in [1.82, 2.24) is 0 Å². The van der Waals surface area contributed by atoms with Crippen molar-refractivity contribution in [3.63, 3.8) is 0 Å². The van der Waals surface area contributed by atoms with E-state index in [1.54, 1.807) is 0 Å². The summed E-state index contributed by atoms with van der Waals surface area (Å²) < 4.78 is 1.38. The Bertz CT molecular complexity index is 622. The van der Waals surface area contributed by atoms with E-state index in [4.69, 9.17) is 0 Å². The molecule has 3 aromatic rings. The molecule has 1 heterocycles. The van der Waals surface area contributed by atoms with E-state index >= 15 is 0 Å². The van der Waals surface area contributed by atoms with Gasteiger partial charge in [-0.05, 0) is 28.0 Å². The molecule has 84 valence electrons. The lowest BCUT2D eigenvalue weighted by Gasteiger charge is -2.11. The Morgan fingerprint density at radius 1 is 0.882 bits per heavy atom. The summed E-state index contributed by atoms with van der Waals surface area (Å²) in [5.41, 5.74) is 2.83. The van der Waals surface area contributed by atoms with Gasteiger partial charge < -0.3 is 0 Å². The van der Waals surface area contributed by atoms with Crippen LogP contribution in [0.3, 0.4) is 0 Å². The lowest BCUT2D eigenvalue weighted by molar-refractivity contribution is 0.938. The maximum atomic E-state index is 2.29. The van der Waals surface area contributed by atoms with Crippen molar-refractivity contribution < 1.29 is 0 Å². The Kier molecular flexibility index (Phi) is 2.69. The summed E-state index contributed by atoms with van der Waals surface area (Å²) in [6, 6.07) is 19.4. The number of rotatable bonds is 2. The van der Waals surface area contributed by atoms with Crippen LogP contribution in [0.5, 0.6) is 0 Å². The third kappa shape index (κ3) is 1.87. The Labute approximate surface area is 106 Å². The van der Waals surface area contributed by atoms with E-state index in [9.17, 15) is 0 Å². The van der Waals surface area contributed by atoms with Crippen LogP contribution in [-0.4, -0.2) is 0 Å². The van der Waals surface area contributed by atoms with E-state index in [1.165, 1.54) is 21.2 Å². The predicted octanol–water partition coefficient (Wildman–Crippen LogP) is 5.05. The summed E-state index contributed by atoms with van der Waals surface area (Å²) in [5.74, 6) is 0.465. The van der Waals surface area contributed by atoms with Gasteiger partial charge in [0.1, 0.15) is 0 Å². The minimum absolute atomic E-state index is 0.465. The van der Waals surface area contributed by atoms with Crippen molar-refractivity contribution in [3.8, 4) is 0 Å². The van der Waals surface area contributed by atoms with Crippen molar-refractivity contribution in [2.24, 2.45) is 0 Å². The summed E-state index contributed by atoms with van der Waals surface area (Å²) in [4.78, 5) is 0. The summed E-state index contributed by atoms with van der Waals surface area (Å²) in [5, 5.41) is 3.69. The van der Waals surface area contributed by atoms with Gasteiger partial charge in [-0.25, -0.2) is 0 Å². The summed E-state index contributed by atoms with van der Waals surface area (Å²) in [7, 11) is 0. The van der Waals surface area contributed by atoms with E-state index in [0.717, 1.165) is 0 Å². The molecule has 0 saturated carbocycles. The van der Waals surface area contributed by atoms with Crippen LogP contribution in [0, 0.1) is 0 Å². The molecule has 3 rings (SSSR count). The zero-order valence-corrected chi connectivity index (χ0v) is 10.6. The second kappa shape index (κ2) is 4.34. The van der Waals surface area contributed by atoms with E-state index in [2.05, 4.69) is 66.9 Å². The minimum atomic E-state index is 0.465. The first-order valence-corrected chi connectivity index (χ1v) is 6.75. The molecule has 1 aromatic heterocycles. The maximum Gasteiger partial charge on any atom is 0.0345 e. The molecular formula is C16H14S. The van der Waals surface area contributed by atoms with Crippen molar-refractivity contribution in [2.75, 3.05) is 0 Å². The number of hydrogen-bond donors (Lipinski definition) is 0. The van der Waals surface area contributed by atoms with Crippen molar-refractivity contribution >= 4 is 21.4 Å². The average molecular weight is 238 g/mol. The Balaban J connectivity index is 2.10. The lowest BCUT2D eigenvalue weighted by atomic mass is 9.93. The third-order valence-corrected chi connectivity index (χ3v) is 4.26. The number of hydrogen-bond acceptors (Lipinski definition) is 1. The summed E-state index contributed by atoms with van der Waals surface area (Å²) >= 11 is 1.84. The molecule has 0 unspecified atom stereocenters. The van der Waals surface area contributed by atoms with Crippen LogP contribution in [0.2, 0.25) is 0 Å². The maximum absolute atomic E-state index is 2.29. The van der Waals surface area contributed by atoms with Crippen molar-refractivity contribution in [3.05, 3.63) is 71.1 Å². The van der Waals surface area contributed by atoms with Crippen LogP contribution >= 0.6 is 11.3 Å². The zero-order chi connectivity index (χ0) is 11.7. The third-order valence-electron chi connectivity index (χ3n) is 3.28. The molecule has 0 nitrogen and oxygen atoms in total. The van der Waals surface area contributed by atoms with E-state index < -0.39 is 0 Å². The first kappa shape index (κ1) is 10.5. The topological polar surface area (TPSA) is 0 Å². The molecule has 0 aliphatic carbocycles. The normalized spacial score (nSPS) is 12.8. The van der Waals surface area contributed by atoms with Gasteiger partial charge in [0.2, 0.25) is 0 Å². The highest BCUT2D eigenvalue weighted by Gasteiger charge is 2.12. The average Bonchev–Trinajstić information content (AvgIpc) is 2.83. The fraction of sp³-hybridized carbons (Fsp3) is 0.125. The molecule has 0 bridgehead atoms. The molecule has 17 heavy (non-hydrogen) atoms. The van der Waals surface area contributed by atoms with Crippen LogP contribution in [0.1, 0.15) is 24.0 Å². The fourth-order valence-corrected chi connectivity index (χ4v) is 3.31. The molecule has 0 N–H and O–H groups in total. The second-order valence-corrected chi connectivity index (χ2v) is 5.23. The number of thiophene rings is 1. The lowest BCUT2D eigenvalue weighted by Crippen LogP contribution is -1.93. The highest BCUT2D eigenvalue weighted by molar-refractivity contribution is 7.17. The Morgan fingerprint density at radius 2 is 1.59 bits per heavy atom. The van der Waals surface area contributed by atoms with Crippen LogP contribution < -0.4 is 0 Å². The number of fused-ring (bicyclic) bond motifs is 1. The quantitative estimate of drug-likeness (QED) is 0.586. The van der Waals surface area contributed by atoms with Crippen molar-refractivity contribution in [1.29, 1.82) is 0 Å². The smallest absolute Gasteiger partial charge is 0.0345 e. The molecule has 0 saturated heterocycles. The predicted molar refractivity (Wildman–Crippen MR) is 75.8 cm³/mol. The van der Waals surface area contributed by atoms with E-state index in [0.29, 0.717) is 5.92 Å². The molecule has 0 fully saturated rings. The molecule has 0 spiro atoms. The van der Waals surface area contributed by atoms with Crippen LogP contribution in [0.25, 0.3) is 10.1 Å². The van der Waals surface area contributed by atoms with Gasteiger partial charge in [-0.2, -0.15) is 0 Å². The first-order chi connectivity index (χ1) is 8.36. The fourth-order valence-electron chi connectivity index (χ4n) is 2.25. The van der Waals surface area contributed by atoms with Gasteiger partial charge in [-0.15, -0.1) is 11.3 Å². The monoisotopic (exact) mass is 238 g/mol. The molecule has 2 aromatic carbocycles. The highest BCUT2D eigenvalue weighted by Crippen LogP contribution is 2.34. The van der Waals surface area contributed by atoms with Crippen molar-refractivity contribution in [2.45, 2.75) is 12.8 Å². The molecule has 0 aliphatic rings. The molecule has 1 heteroatoms. The van der Waals surface area contributed by atoms with Gasteiger partial charge in [-0.1, -0.05) is 55.5 Å². The Hall–Kier alpha value is -1.60. The van der Waals surface area contributed by atoms with E-state index in [-0.39, 0.29) is 0 Å². The van der Waals surface area contributed by atoms with Gasteiger partial charge in [0.05, 0.1) is 0 Å².